The number of amides is 2. The van der Waals surface area contributed by atoms with E-state index < -0.39 is 5.60 Å². The summed E-state index contributed by atoms with van der Waals surface area (Å²) in [4.78, 5) is 34.0. The van der Waals surface area contributed by atoms with Crippen LogP contribution in [0.1, 0.15) is 41.5 Å². The van der Waals surface area contributed by atoms with Gasteiger partial charge in [-0.05, 0) is 33.6 Å². The van der Waals surface area contributed by atoms with Gasteiger partial charge in [-0.3, -0.25) is 9.79 Å². The second kappa shape index (κ2) is 10.4. The van der Waals surface area contributed by atoms with Gasteiger partial charge in [-0.15, -0.1) is 0 Å². The van der Waals surface area contributed by atoms with E-state index in [1.807, 2.05) is 32.6 Å². The number of guanidine groups is 1. The van der Waals surface area contributed by atoms with E-state index in [-0.39, 0.29) is 17.9 Å². The Morgan fingerprint density at radius 3 is 2.22 bits per heavy atom. The average Bonchev–Trinajstić information content (AvgIpc) is 2.57. The Kier molecular flexibility index (Phi) is 8.85. The molecule has 0 aromatic carbocycles. The van der Waals surface area contributed by atoms with Gasteiger partial charge in [-0.2, -0.15) is 0 Å². The van der Waals surface area contributed by atoms with Gasteiger partial charge in [-0.25, -0.2) is 4.79 Å². The summed E-state index contributed by atoms with van der Waals surface area (Å²) in [6.07, 6.45) is -0.314. The number of ether oxygens (including phenoxy) is 1. The molecule has 1 heterocycles. The molecule has 0 bridgehead atoms. The second-order valence-electron chi connectivity index (χ2n) is 8.15. The van der Waals surface area contributed by atoms with Crippen molar-refractivity contribution in [3.63, 3.8) is 0 Å². The molecule has 2 amide bonds. The Balaban J connectivity index is 2.57. The van der Waals surface area contributed by atoms with Gasteiger partial charge in [0, 0.05) is 59.8 Å². The van der Waals surface area contributed by atoms with Crippen molar-refractivity contribution in [3.05, 3.63) is 0 Å². The molecule has 1 rings (SSSR count). The smallest absolute Gasteiger partial charge is 0.410 e. The number of rotatable bonds is 5. The molecule has 0 saturated carbocycles. The molecule has 0 spiro atoms. The molecule has 8 nitrogen and oxygen atoms in total. The summed E-state index contributed by atoms with van der Waals surface area (Å²) in [5, 5.41) is 3.33. The molecule has 0 aromatic heterocycles. The van der Waals surface area contributed by atoms with Crippen LogP contribution in [0.5, 0.6) is 0 Å². The normalized spacial score (nSPS) is 16.8. The molecule has 0 radical (unpaired) electrons. The first-order valence-corrected chi connectivity index (χ1v) is 9.76. The van der Waals surface area contributed by atoms with Crippen LogP contribution in [-0.2, 0) is 9.53 Å². The van der Waals surface area contributed by atoms with Crippen molar-refractivity contribution in [1.29, 1.82) is 0 Å². The summed E-state index contributed by atoms with van der Waals surface area (Å²) in [5.74, 6) is 1.19. The van der Waals surface area contributed by atoms with Crippen LogP contribution in [0.25, 0.3) is 0 Å². The van der Waals surface area contributed by atoms with Crippen LogP contribution in [0.3, 0.4) is 0 Å². The molecule has 27 heavy (non-hydrogen) atoms. The van der Waals surface area contributed by atoms with E-state index in [0.29, 0.717) is 13.1 Å². The number of carbonyl (C=O) groups excluding carboxylic acids is 2. The maximum Gasteiger partial charge on any atom is 0.410 e. The van der Waals surface area contributed by atoms with Gasteiger partial charge < -0.3 is 24.8 Å². The quantitative estimate of drug-likeness (QED) is 0.577. The van der Waals surface area contributed by atoms with Gasteiger partial charge >= 0.3 is 6.09 Å². The molecule has 8 heteroatoms. The van der Waals surface area contributed by atoms with Crippen LogP contribution < -0.4 is 5.32 Å². The van der Waals surface area contributed by atoms with Gasteiger partial charge in [0.15, 0.2) is 5.96 Å². The fourth-order valence-corrected chi connectivity index (χ4v) is 2.84. The first-order chi connectivity index (χ1) is 12.5. The maximum atomic E-state index is 12.1. The molecular formula is C19H37N5O3. The van der Waals surface area contributed by atoms with E-state index in [9.17, 15) is 9.59 Å². The van der Waals surface area contributed by atoms with Crippen molar-refractivity contribution in [1.82, 2.24) is 20.0 Å². The fraction of sp³-hybridized carbons (Fsp3) is 0.842. The first-order valence-electron chi connectivity index (χ1n) is 9.76. The Hall–Kier alpha value is -1.99. The molecule has 1 unspecified atom stereocenters. The van der Waals surface area contributed by atoms with E-state index in [1.54, 1.807) is 18.9 Å². The Morgan fingerprint density at radius 2 is 1.74 bits per heavy atom. The lowest BCUT2D eigenvalue weighted by Gasteiger charge is -2.36. The zero-order valence-corrected chi connectivity index (χ0v) is 18.0. The predicted molar refractivity (Wildman–Crippen MR) is 108 cm³/mol. The second-order valence-corrected chi connectivity index (χ2v) is 8.15. The molecule has 156 valence electrons. The largest absolute Gasteiger partial charge is 0.444 e. The minimum Gasteiger partial charge on any atom is -0.444 e. The Morgan fingerprint density at radius 1 is 1.19 bits per heavy atom. The van der Waals surface area contributed by atoms with E-state index in [0.717, 1.165) is 38.7 Å². The SMILES string of the molecule is CCNC(=NCC(C)CN(C)C(=O)OC(C)(C)C)N1CCN(C(C)=O)CC1. The van der Waals surface area contributed by atoms with E-state index in [2.05, 4.69) is 17.1 Å². The van der Waals surface area contributed by atoms with E-state index >= 15 is 0 Å². The first kappa shape index (κ1) is 23.0. The predicted octanol–water partition coefficient (Wildman–Crippen LogP) is 1.62. The molecule has 0 aromatic rings. The number of nitrogens with one attached hydrogen (secondary N) is 1. The van der Waals surface area contributed by atoms with Crippen LogP contribution in [0.4, 0.5) is 4.79 Å². The monoisotopic (exact) mass is 383 g/mol. The fourth-order valence-electron chi connectivity index (χ4n) is 2.84. The molecular weight excluding hydrogens is 346 g/mol. The standard InChI is InChI=1S/C19H37N5O3/c1-8-20-17(24-11-9-23(10-12-24)16(3)25)21-13-15(2)14-22(7)18(26)27-19(4,5)6/h15H,8-14H2,1-7H3,(H,20,21). The zero-order valence-electron chi connectivity index (χ0n) is 18.0. The van der Waals surface area contributed by atoms with Crippen molar-refractivity contribution < 1.29 is 14.3 Å². The third-order valence-electron chi connectivity index (χ3n) is 4.20. The van der Waals surface area contributed by atoms with Crippen LogP contribution >= 0.6 is 0 Å². The van der Waals surface area contributed by atoms with E-state index in [4.69, 9.17) is 9.73 Å². The molecule has 1 aliphatic rings. The van der Waals surface area contributed by atoms with Gasteiger partial charge in [-0.1, -0.05) is 6.92 Å². The minimum absolute atomic E-state index is 0.121. The van der Waals surface area contributed by atoms with Gasteiger partial charge in [0.05, 0.1) is 0 Å². The highest BCUT2D eigenvalue weighted by Gasteiger charge is 2.22. The Labute approximate surface area is 163 Å². The lowest BCUT2D eigenvalue weighted by atomic mass is 10.2. The molecule has 0 aliphatic carbocycles. The third kappa shape index (κ3) is 8.49. The maximum absolute atomic E-state index is 12.1. The minimum atomic E-state index is -0.493. The molecule has 1 saturated heterocycles. The van der Waals surface area contributed by atoms with Crippen molar-refractivity contribution in [2.24, 2.45) is 10.9 Å². The topological polar surface area (TPSA) is 77.5 Å². The molecule has 1 atom stereocenters. The van der Waals surface area contributed by atoms with Crippen molar-refractivity contribution >= 4 is 18.0 Å². The number of piperazine rings is 1. The highest BCUT2D eigenvalue weighted by atomic mass is 16.6. The number of hydrogen-bond acceptors (Lipinski definition) is 4. The summed E-state index contributed by atoms with van der Waals surface area (Å²) in [6, 6.07) is 0. The summed E-state index contributed by atoms with van der Waals surface area (Å²) in [5.41, 5.74) is -0.493. The summed E-state index contributed by atoms with van der Waals surface area (Å²) in [7, 11) is 1.75. The van der Waals surface area contributed by atoms with Crippen molar-refractivity contribution in [2.45, 2.75) is 47.1 Å². The number of nitrogens with zero attached hydrogens (tertiary/aromatic N) is 4. The van der Waals surface area contributed by atoms with E-state index in [1.165, 1.54) is 0 Å². The summed E-state index contributed by atoms with van der Waals surface area (Å²) < 4.78 is 5.39. The molecule has 1 aliphatic heterocycles. The highest BCUT2D eigenvalue weighted by molar-refractivity contribution is 5.80. The van der Waals surface area contributed by atoms with Crippen LogP contribution in [0, 0.1) is 5.92 Å². The van der Waals surface area contributed by atoms with Gasteiger partial charge in [0.2, 0.25) is 5.91 Å². The number of aliphatic imine (C=N–C) groups is 1. The van der Waals surface area contributed by atoms with Crippen LogP contribution in [-0.4, -0.2) is 91.1 Å². The van der Waals surface area contributed by atoms with Crippen molar-refractivity contribution in [3.8, 4) is 0 Å². The number of carbonyl (C=O) groups is 2. The zero-order chi connectivity index (χ0) is 20.6. The Bertz CT molecular complexity index is 522. The lowest BCUT2D eigenvalue weighted by Crippen LogP contribution is -2.53. The highest BCUT2D eigenvalue weighted by Crippen LogP contribution is 2.10. The van der Waals surface area contributed by atoms with Gasteiger partial charge in [0.25, 0.3) is 0 Å². The average molecular weight is 384 g/mol. The van der Waals surface area contributed by atoms with Gasteiger partial charge in [0.1, 0.15) is 5.60 Å². The number of hydrogen-bond donors (Lipinski definition) is 1. The third-order valence-corrected chi connectivity index (χ3v) is 4.20. The van der Waals surface area contributed by atoms with Crippen molar-refractivity contribution in [2.75, 3.05) is 52.9 Å². The molecule has 1 N–H and O–H groups in total. The molecule has 1 fully saturated rings. The van der Waals surface area contributed by atoms with Crippen LogP contribution in [0.2, 0.25) is 0 Å². The summed E-state index contributed by atoms with van der Waals surface area (Å²) in [6.45, 7) is 16.3. The summed E-state index contributed by atoms with van der Waals surface area (Å²) >= 11 is 0. The van der Waals surface area contributed by atoms with Crippen LogP contribution in [0.15, 0.2) is 4.99 Å². The lowest BCUT2D eigenvalue weighted by molar-refractivity contribution is -0.130.